The molecule has 8 aromatic carbocycles. The minimum Gasteiger partial charge on any atom is -0.459 e. The van der Waals surface area contributed by atoms with E-state index in [0.717, 1.165) is 69.8 Å². The van der Waals surface area contributed by atoms with Crippen molar-refractivity contribution in [3.63, 3.8) is 0 Å². The van der Waals surface area contributed by atoms with E-state index in [-0.39, 0.29) is 17.8 Å². The van der Waals surface area contributed by atoms with Gasteiger partial charge in [0.25, 0.3) is 0 Å². The second-order valence-corrected chi connectivity index (χ2v) is 24.8. The minimum atomic E-state index is -7.22. The lowest BCUT2D eigenvalue weighted by Crippen LogP contribution is -2.81. The van der Waals surface area contributed by atoms with Gasteiger partial charge in [-0.15, -0.1) is 21.9 Å². The molecule has 0 radical (unpaired) electrons. The minimum absolute atomic E-state index is 0.0505. The molecule has 0 bridgehead atoms. The van der Waals surface area contributed by atoms with Gasteiger partial charge in [0.15, 0.2) is 75.4 Å². The van der Waals surface area contributed by atoms with Crippen LogP contribution in [-0.4, -0.2) is 36.5 Å². The van der Waals surface area contributed by atoms with Gasteiger partial charge in [-0.05, 0) is 93.3 Å². The van der Waals surface area contributed by atoms with Gasteiger partial charge < -0.3 is 9.47 Å². The highest BCUT2D eigenvalue weighted by atomic mass is 31.2. The molecule has 0 atom stereocenters. The van der Waals surface area contributed by atoms with Crippen molar-refractivity contribution < 1.29 is 107 Å². The smallest absolute Gasteiger partial charge is 0.346 e. The second-order valence-electron chi connectivity index (χ2n) is 21.3. The summed E-state index contributed by atoms with van der Waals surface area (Å²) in [6, 6.07) is 41.7. The van der Waals surface area contributed by atoms with E-state index in [2.05, 4.69) is 72.8 Å². The van der Waals surface area contributed by atoms with E-state index in [4.69, 9.17) is 9.47 Å². The fraction of sp³-hybridized carbons (Fsp3) is 0.200. The molecular weight excluding hydrogens is 1270 g/mol. The van der Waals surface area contributed by atoms with Gasteiger partial charge in [-0.25, -0.2) is 97.4 Å². The number of allylic oxidation sites excluding steroid dienone is 1. The molecule has 2 aliphatic carbocycles. The summed E-state index contributed by atoms with van der Waals surface area (Å²) >= 11 is 0. The fourth-order valence-electron chi connectivity index (χ4n) is 12.0. The summed E-state index contributed by atoms with van der Waals surface area (Å²) in [5.41, 5.74) is -12.8. The molecule has 476 valence electrons. The van der Waals surface area contributed by atoms with Gasteiger partial charge in [-0.1, -0.05) is 97.8 Å². The lowest BCUT2D eigenvalue weighted by molar-refractivity contribution is -0.154. The summed E-state index contributed by atoms with van der Waals surface area (Å²) < 4.78 is 306. The third-order valence-electron chi connectivity index (χ3n) is 16.2. The van der Waals surface area contributed by atoms with Crippen LogP contribution in [0.15, 0.2) is 127 Å². The number of rotatable bonds is 14. The van der Waals surface area contributed by atoms with Crippen molar-refractivity contribution in [3.8, 4) is 0 Å². The second kappa shape index (κ2) is 27.6. The number of esters is 2. The van der Waals surface area contributed by atoms with Crippen LogP contribution < -0.4 is 37.8 Å². The van der Waals surface area contributed by atoms with Crippen molar-refractivity contribution in [2.75, 3.05) is 6.16 Å². The quantitative estimate of drug-likeness (QED) is 0.0125. The fourth-order valence-corrected chi connectivity index (χ4v) is 16.3. The lowest BCUT2D eigenvalue weighted by atomic mass is 9.12. The maximum atomic E-state index is 15.4. The number of benzene rings is 8. The van der Waals surface area contributed by atoms with Gasteiger partial charge in [0.1, 0.15) is 94.2 Å². The number of hydrogen-bond donors (Lipinski definition) is 0. The van der Waals surface area contributed by atoms with Crippen molar-refractivity contribution in [1.82, 2.24) is 0 Å². The number of hydrogen-bond acceptors (Lipinski definition) is 4. The molecule has 10 rings (SSSR count). The summed E-state index contributed by atoms with van der Waals surface area (Å²) in [6.45, 7) is 0. The van der Waals surface area contributed by atoms with Crippen molar-refractivity contribution in [1.29, 1.82) is 0 Å². The van der Waals surface area contributed by atoms with E-state index in [9.17, 15) is 62.3 Å². The first-order chi connectivity index (χ1) is 43.3. The van der Waals surface area contributed by atoms with E-state index < -0.39 is 164 Å². The summed E-state index contributed by atoms with van der Waals surface area (Å²) in [5, 5.41) is 3.55. The Morgan fingerprint density at radius 1 is 0.319 bits per heavy atom. The Hall–Kier alpha value is -8.47. The molecule has 8 aromatic rings. The van der Waals surface area contributed by atoms with Crippen LogP contribution in [0, 0.1) is 116 Å². The Labute approximate surface area is 505 Å². The Balaban J connectivity index is 0.000000216. The normalized spacial score (nSPS) is 14.0. The van der Waals surface area contributed by atoms with Gasteiger partial charge in [0.05, 0.1) is 0 Å². The largest absolute Gasteiger partial charge is 0.459 e. The van der Waals surface area contributed by atoms with Gasteiger partial charge in [0.2, 0.25) is 0 Å². The van der Waals surface area contributed by atoms with Gasteiger partial charge in [0, 0.05) is 5.57 Å². The van der Waals surface area contributed by atoms with E-state index >= 15 is 35.1 Å². The molecule has 4 nitrogen and oxygen atoms in total. The molecule has 91 heavy (non-hydrogen) atoms. The predicted octanol–water partition coefficient (Wildman–Crippen LogP) is 14.0. The molecule has 0 N–H and O–H groups in total. The van der Waals surface area contributed by atoms with Crippen LogP contribution in [0.5, 0.6) is 0 Å². The summed E-state index contributed by atoms with van der Waals surface area (Å²) in [4.78, 5) is 28.9. The van der Waals surface area contributed by atoms with Crippen LogP contribution in [0.4, 0.5) is 87.8 Å². The lowest BCUT2D eigenvalue weighted by Gasteiger charge is -2.44. The third kappa shape index (κ3) is 12.1. The Kier molecular flexibility index (Phi) is 20.3. The zero-order chi connectivity index (χ0) is 66.0. The van der Waals surface area contributed by atoms with Crippen LogP contribution in [0.25, 0.3) is 5.57 Å². The molecule has 0 saturated heterocycles. The van der Waals surface area contributed by atoms with Gasteiger partial charge in [-0.3, -0.25) is 0 Å². The first kappa shape index (κ1) is 66.9. The van der Waals surface area contributed by atoms with Crippen molar-refractivity contribution in [2.24, 2.45) is 0 Å². The highest BCUT2D eigenvalue weighted by Crippen LogP contribution is 2.58. The molecule has 2 fully saturated rings. The zero-order valence-corrected chi connectivity index (χ0v) is 47.6. The van der Waals surface area contributed by atoms with Crippen molar-refractivity contribution >= 4 is 68.7 Å². The molecule has 26 heteroatoms. The molecule has 0 spiro atoms. The van der Waals surface area contributed by atoms with E-state index in [1.165, 1.54) is 15.9 Å². The molecule has 2 aliphatic rings. The first-order valence-corrected chi connectivity index (χ1v) is 29.8. The van der Waals surface area contributed by atoms with Crippen molar-refractivity contribution in [2.45, 2.75) is 76.4 Å². The number of halogens is 20. The SMILES string of the molecule is Fc1c(F)c(F)c([B-](c2c(F)c(F)c(F)c(F)c2F)(c2c(F)c(F)c(F)c(F)c2F)c2c(F)c(F)c(F)c(F)c2F)c(F)c1F.O=C(OC1CCCCC1)C(C(=O)OC1CCCCC1)=C(C[P+](c1ccccc1)(c1ccccc1)c1ccccc1)c1ccccc1. The number of carbonyl (C=O) groups excluding carboxylic acids is 2. The maximum Gasteiger partial charge on any atom is 0.346 e. The molecular formula is C65H44BF20O4P. The summed E-state index contributed by atoms with van der Waals surface area (Å²) in [7, 11) is -2.47. The topological polar surface area (TPSA) is 52.6 Å². The number of carbonyl (C=O) groups is 2. The van der Waals surface area contributed by atoms with Gasteiger partial charge in [-0.2, -0.15) is 0 Å². The van der Waals surface area contributed by atoms with E-state index in [0.29, 0.717) is 11.7 Å². The molecule has 0 aromatic heterocycles. The molecule has 0 amide bonds. The average Bonchev–Trinajstić information content (AvgIpc) is 0.685. The molecule has 2 saturated carbocycles. The summed E-state index contributed by atoms with van der Waals surface area (Å²) in [6.07, 6.45) is 2.58. The monoisotopic (exact) mass is 1310 g/mol. The zero-order valence-electron chi connectivity index (χ0n) is 46.7. The van der Waals surface area contributed by atoms with Crippen LogP contribution in [-0.2, 0) is 19.1 Å². The maximum absolute atomic E-state index is 15.4. The van der Waals surface area contributed by atoms with Gasteiger partial charge >= 0.3 is 11.9 Å². The average molecular weight is 1310 g/mol. The van der Waals surface area contributed by atoms with Crippen LogP contribution >= 0.6 is 7.26 Å². The first-order valence-electron chi connectivity index (χ1n) is 27.8. The van der Waals surface area contributed by atoms with E-state index in [1.807, 2.05) is 48.5 Å². The third-order valence-corrected chi connectivity index (χ3v) is 20.5. The van der Waals surface area contributed by atoms with E-state index in [1.54, 1.807) is 0 Å². The Morgan fingerprint density at radius 3 is 0.780 bits per heavy atom. The molecule has 0 unspecified atom stereocenters. The van der Waals surface area contributed by atoms with Crippen molar-refractivity contribution in [3.05, 3.63) is 249 Å². The summed E-state index contributed by atoms with van der Waals surface area (Å²) in [5.74, 6) is -72.5. The standard InChI is InChI=1S/C41H44O4P.C24BF20/c42-40(44-33-21-9-2-10-22-33)39(41(43)45-34-23-11-3-12-24-34)38(32-19-7-1-8-20-32)31-46(35-25-13-4-14-26-35,36-27-15-5-16-28-36)37-29-17-6-18-30-37;26-5-1(6(27)14(35)21(42)13(5)34)25(2-7(28)15(36)22(43)16(37)8(2)29,3-9(30)17(38)23(44)18(39)10(3)31)4-11(32)19(40)24(45)20(41)12(4)33/h1,4-8,13-20,25-30,33-34H,2-3,9-12,21-24,31H2;/q+1;-1. The molecule has 0 heterocycles. The van der Waals surface area contributed by atoms with Crippen LogP contribution in [0.3, 0.4) is 0 Å². The highest BCUT2D eigenvalue weighted by Gasteiger charge is 2.53. The molecule has 0 aliphatic heterocycles. The van der Waals surface area contributed by atoms with Crippen LogP contribution in [0.1, 0.15) is 69.8 Å². The predicted molar refractivity (Wildman–Crippen MR) is 299 cm³/mol. The Morgan fingerprint density at radius 2 is 0.538 bits per heavy atom. The Bertz CT molecular complexity index is 3580. The highest BCUT2D eigenvalue weighted by molar-refractivity contribution is 7.96. The number of ether oxygens (including phenoxy) is 2. The van der Waals surface area contributed by atoms with Crippen LogP contribution in [0.2, 0.25) is 0 Å².